The lowest BCUT2D eigenvalue weighted by Crippen LogP contribution is -2.62. The highest BCUT2D eigenvalue weighted by molar-refractivity contribution is 4.91. The van der Waals surface area contributed by atoms with E-state index in [4.69, 9.17) is 18.9 Å². The lowest BCUT2D eigenvalue weighted by Gasteiger charge is -2.44. The van der Waals surface area contributed by atoms with Gasteiger partial charge in [0.1, 0.15) is 30.5 Å². The summed E-state index contributed by atoms with van der Waals surface area (Å²) in [5.41, 5.74) is 0. The van der Waals surface area contributed by atoms with Crippen LogP contribution in [-0.2, 0) is 18.9 Å². The second-order valence-electron chi connectivity index (χ2n) is 5.62. The van der Waals surface area contributed by atoms with Crippen LogP contribution in [0.4, 0.5) is 0 Å². The van der Waals surface area contributed by atoms with Crippen LogP contribution in [0.1, 0.15) is 13.3 Å². The van der Waals surface area contributed by atoms with Crippen molar-refractivity contribution in [2.24, 2.45) is 0 Å². The molecule has 9 heteroatoms. The van der Waals surface area contributed by atoms with Crippen LogP contribution in [-0.4, -0.2) is 94.6 Å². The van der Waals surface area contributed by atoms with Crippen molar-refractivity contribution in [1.82, 2.24) is 0 Å². The summed E-state index contributed by atoms with van der Waals surface area (Å²) in [6, 6.07) is 0. The van der Waals surface area contributed by atoms with E-state index in [-0.39, 0.29) is 6.42 Å². The first-order chi connectivity index (χ1) is 10.4. The average molecular weight is 324 g/mol. The quantitative estimate of drug-likeness (QED) is 0.374. The van der Waals surface area contributed by atoms with Gasteiger partial charge in [-0.25, -0.2) is 0 Å². The van der Waals surface area contributed by atoms with Gasteiger partial charge in [0, 0.05) is 13.5 Å². The van der Waals surface area contributed by atoms with E-state index in [0.29, 0.717) is 0 Å². The van der Waals surface area contributed by atoms with E-state index >= 15 is 0 Å². The Morgan fingerprint density at radius 1 is 1.00 bits per heavy atom. The van der Waals surface area contributed by atoms with E-state index in [1.54, 1.807) is 6.92 Å². The number of hydrogen-bond donors (Lipinski definition) is 5. The molecular weight excluding hydrogens is 300 g/mol. The molecule has 0 saturated carbocycles. The van der Waals surface area contributed by atoms with Crippen molar-refractivity contribution in [3.63, 3.8) is 0 Å². The summed E-state index contributed by atoms with van der Waals surface area (Å²) in [6.07, 6.45) is -9.49. The number of rotatable bonds is 4. The van der Waals surface area contributed by atoms with Gasteiger partial charge in [0.25, 0.3) is 0 Å². The van der Waals surface area contributed by atoms with Gasteiger partial charge in [-0.3, -0.25) is 0 Å². The summed E-state index contributed by atoms with van der Waals surface area (Å²) in [6.45, 7) is 1.13. The summed E-state index contributed by atoms with van der Waals surface area (Å²) >= 11 is 0. The van der Waals surface area contributed by atoms with Crippen LogP contribution in [0.5, 0.6) is 0 Å². The third-order valence-corrected chi connectivity index (χ3v) is 4.03. The number of hydrogen-bond acceptors (Lipinski definition) is 9. The largest absolute Gasteiger partial charge is 0.394 e. The lowest BCUT2D eigenvalue weighted by molar-refractivity contribution is -0.345. The summed E-state index contributed by atoms with van der Waals surface area (Å²) in [5, 5.41) is 49.0. The van der Waals surface area contributed by atoms with E-state index < -0.39 is 61.9 Å². The average Bonchev–Trinajstić information content (AvgIpc) is 2.49. The maximum atomic E-state index is 10.1. The summed E-state index contributed by atoms with van der Waals surface area (Å²) in [4.78, 5) is 0. The Labute approximate surface area is 128 Å². The van der Waals surface area contributed by atoms with Crippen LogP contribution in [0.25, 0.3) is 0 Å². The Bertz CT molecular complexity index is 338. The molecule has 0 aliphatic carbocycles. The van der Waals surface area contributed by atoms with Gasteiger partial charge in [-0.15, -0.1) is 0 Å². The minimum Gasteiger partial charge on any atom is -0.394 e. The molecule has 2 aliphatic rings. The summed E-state index contributed by atoms with van der Waals surface area (Å²) in [5.74, 6) is 0. The molecule has 9 nitrogen and oxygen atoms in total. The van der Waals surface area contributed by atoms with E-state index in [2.05, 4.69) is 0 Å². The fourth-order valence-electron chi connectivity index (χ4n) is 2.63. The standard InChI is InChI=1S/C13H24O9/c1-5-6(15)3-7(16)12(20-5)22-11-9(17)8(4-14)21-13(19-2)10(11)18/h5-18H,3-4H2,1-2H3/t5-,6-,7-,8-,9-,10+,11+,12-,13+/m1/s1. The molecular formula is C13H24O9. The first kappa shape index (κ1) is 18.0. The smallest absolute Gasteiger partial charge is 0.186 e. The highest BCUT2D eigenvalue weighted by atomic mass is 16.7. The van der Waals surface area contributed by atoms with Crippen molar-refractivity contribution in [3.05, 3.63) is 0 Å². The lowest BCUT2D eigenvalue weighted by atomic mass is 9.98. The van der Waals surface area contributed by atoms with Crippen molar-refractivity contribution >= 4 is 0 Å². The van der Waals surface area contributed by atoms with E-state index in [9.17, 15) is 25.5 Å². The zero-order chi connectivity index (χ0) is 16.4. The molecule has 0 aromatic carbocycles. The normalized spacial score (nSPS) is 50.0. The molecule has 130 valence electrons. The molecule has 0 unspecified atom stereocenters. The monoisotopic (exact) mass is 324 g/mol. The molecule has 2 fully saturated rings. The van der Waals surface area contributed by atoms with Crippen molar-refractivity contribution in [2.75, 3.05) is 13.7 Å². The van der Waals surface area contributed by atoms with Gasteiger partial charge in [0.05, 0.1) is 18.8 Å². The minimum absolute atomic E-state index is 0.0539. The van der Waals surface area contributed by atoms with Crippen LogP contribution in [0, 0.1) is 0 Å². The highest BCUT2D eigenvalue weighted by Crippen LogP contribution is 2.28. The molecule has 0 radical (unpaired) electrons. The van der Waals surface area contributed by atoms with Crippen LogP contribution < -0.4 is 0 Å². The number of methoxy groups -OCH3 is 1. The number of ether oxygens (including phenoxy) is 4. The first-order valence-electron chi connectivity index (χ1n) is 7.21. The molecule has 0 aromatic heterocycles. The third kappa shape index (κ3) is 3.58. The number of aliphatic hydroxyl groups excluding tert-OH is 5. The second-order valence-corrected chi connectivity index (χ2v) is 5.62. The van der Waals surface area contributed by atoms with Crippen LogP contribution in [0.2, 0.25) is 0 Å². The molecule has 2 rings (SSSR count). The van der Waals surface area contributed by atoms with Gasteiger partial charge in [0.15, 0.2) is 12.6 Å². The molecule has 2 aliphatic heterocycles. The van der Waals surface area contributed by atoms with E-state index in [1.165, 1.54) is 7.11 Å². The molecule has 22 heavy (non-hydrogen) atoms. The fourth-order valence-corrected chi connectivity index (χ4v) is 2.63. The van der Waals surface area contributed by atoms with Gasteiger partial charge in [0.2, 0.25) is 0 Å². The highest BCUT2D eigenvalue weighted by Gasteiger charge is 2.48. The van der Waals surface area contributed by atoms with Crippen LogP contribution >= 0.6 is 0 Å². The molecule has 9 atom stereocenters. The fraction of sp³-hybridized carbons (Fsp3) is 1.00. The Kier molecular flexibility index (Phi) is 6.11. The molecule has 0 bridgehead atoms. The molecule has 0 aromatic rings. The van der Waals surface area contributed by atoms with Crippen LogP contribution in [0.3, 0.4) is 0 Å². The SMILES string of the molecule is CO[C@H]1O[C@H](CO)[C@@H](O)[C@H](O[C@H]2O[C@H](C)[C@H](O)C[C@H]2O)[C@@H]1O. The molecule has 2 heterocycles. The predicted octanol–water partition coefficient (Wildman–Crippen LogP) is -2.69. The van der Waals surface area contributed by atoms with Crippen LogP contribution in [0.15, 0.2) is 0 Å². The van der Waals surface area contributed by atoms with Crippen molar-refractivity contribution in [3.8, 4) is 0 Å². The maximum Gasteiger partial charge on any atom is 0.186 e. The summed E-state index contributed by atoms with van der Waals surface area (Å²) in [7, 11) is 1.31. The second kappa shape index (κ2) is 7.47. The Balaban J connectivity index is 2.07. The van der Waals surface area contributed by atoms with Gasteiger partial charge in [-0.2, -0.15) is 0 Å². The summed E-state index contributed by atoms with van der Waals surface area (Å²) < 4.78 is 21.0. The van der Waals surface area contributed by atoms with Crippen molar-refractivity contribution < 1.29 is 44.5 Å². The third-order valence-electron chi connectivity index (χ3n) is 4.03. The minimum atomic E-state index is -1.33. The zero-order valence-corrected chi connectivity index (χ0v) is 12.5. The van der Waals surface area contributed by atoms with Crippen molar-refractivity contribution in [2.45, 2.75) is 68.7 Å². The molecule has 2 saturated heterocycles. The molecule has 5 N–H and O–H groups in total. The predicted molar refractivity (Wildman–Crippen MR) is 70.6 cm³/mol. The first-order valence-corrected chi connectivity index (χ1v) is 7.21. The van der Waals surface area contributed by atoms with Gasteiger partial charge < -0.3 is 44.5 Å². The van der Waals surface area contributed by atoms with Gasteiger partial charge in [-0.05, 0) is 6.92 Å². The number of aliphatic hydroxyl groups is 5. The van der Waals surface area contributed by atoms with E-state index in [0.717, 1.165) is 0 Å². The van der Waals surface area contributed by atoms with Gasteiger partial charge in [-0.1, -0.05) is 0 Å². The van der Waals surface area contributed by atoms with Gasteiger partial charge >= 0.3 is 0 Å². The zero-order valence-electron chi connectivity index (χ0n) is 12.5. The van der Waals surface area contributed by atoms with E-state index in [1.807, 2.05) is 0 Å². The Hall–Kier alpha value is -0.360. The topological polar surface area (TPSA) is 138 Å². The van der Waals surface area contributed by atoms with Crippen molar-refractivity contribution in [1.29, 1.82) is 0 Å². The molecule has 0 amide bonds. The Morgan fingerprint density at radius 3 is 2.27 bits per heavy atom. The maximum absolute atomic E-state index is 10.1. The Morgan fingerprint density at radius 2 is 1.68 bits per heavy atom. The molecule has 0 spiro atoms.